The van der Waals surface area contributed by atoms with Crippen LogP contribution < -0.4 is 4.72 Å². The van der Waals surface area contributed by atoms with Crippen LogP contribution in [0.15, 0.2) is 41.3 Å². The molecule has 0 radical (unpaired) electrons. The predicted molar refractivity (Wildman–Crippen MR) is 139 cm³/mol. The number of benzene rings is 2. The largest absolute Gasteiger partial charge is 0.337 e. The zero-order valence-corrected chi connectivity index (χ0v) is 21.9. The fourth-order valence-corrected chi connectivity index (χ4v) is 7.13. The summed E-state index contributed by atoms with van der Waals surface area (Å²) in [4.78, 5) is 32.3. The number of hydrogen-bond acceptors (Lipinski definition) is 5. The van der Waals surface area contributed by atoms with Crippen molar-refractivity contribution in [3.05, 3.63) is 41.4 Å². The molecule has 3 aliphatic heterocycles. The first-order chi connectivity index (χ1) is 17.3. The van der Waals surface area contributed by atoms with Crippen LogP contribution in [0.4, 0.5) is 0 Å². The molecule has 3 saturated heterocycles. The Balaban J connectivity index is 1.23. The SMILES string of the molecule is O=C1C(NS(=O)(=O)c2ccc3cc(Cl)ccc3c2)CCCN1CC(=O)N1CCCC1CN1CCCC1. The van der Waals surface area contributed by atoms with Crippen LogP contribution in [0.25, 0.3) is 10.8 Å². The lowest BCUT2D eigenvalue weighted by Gasteiger charge is -2.34. The van der Waals surface area contributed by atoms with Gasteiger partial charge in [0, 0.05) is 30.7 Å². The molecule has 0 aliphatic carbocycles. The topological polar surface area (TPSA) is 90.0 Å². The molecule has 5 rings (SSSR count). The molecule has 0 bridgehead atoms. The van der Waals surface area contributed by atoms with Gasteiger partial charge in [-0.1, -0.05) is 23.7 Å². The summed E-state index contributed by atoms with van der Waals surface area (Å²) in [5, 5.41) is 2.17. The number of sulfonamides is 1. The van der Waals surface area contributed by atoms with E-state index in [1.165, 1.54) is 23.8 Å². The molecule has 3 fully saturated rings. The van der Waals surface area contributed by atoms with Crippen LogP contribution >= 0.6 is 11.6 Å². The van der Waals surface area contributed by atoms with Crippen molar-refractivity contribution >= 4 is 44.2 Å². The lowest BCUT2D eigenvalue weighted by Crippen LogP contribution is -2.55. The van der Waals surface area contributed by atoms with Crippen LogP contribution in [0.3, 0.4) is 0 Å². The van der Waals surface area contributed by atoms with E-state index in [0.717, 1.165) is 49.8 Å². The van der Waals surface area contributed by atoms with Gasteiger partial charge < -0.3 is 14.7 Å². The molecular formula is C26H33ClN4O4S. The van der Waals surface area contributed by atoms with Crippen LogP contribution in [0, 0.1) is 0 Å². The Kier molecular flexibility index (Phi) is 7.53. The van der Waals surface area contributed by atoms with Gasteiger partial charge in [-0.15, -0.1) is 0 Å². The normalized spacial score (nSPS) is 23.6. The molecule has 0 spiro atoms. The van der Waals surface area contributed by atoms with Gasteiger partial charge in [0.05, 0.1) is 11.4 Å². The number of fused-ring (bicyclic) bond motifs is 1. The maximum absolute atomic E-state index is 13.2. The molecule has 36 heavy (non-hydrogen) atoms. The number of hydrogen-bond donors (Lipinski definition) is 1. The van der Waals surface area contributed by atoms with E-state index in [0.29, 0.717) is 24.4 Å². The Labute approximate surface area is 217 Å². The minimum atomic E-state index is -3.92. The third-order valence-corrected chi connectivity index (χ3v) is 9.31. The molecule has 2 unspecified atom stereocenters. The van der Waals surface area contributed by atoms with Gasteiger partial charge in [0.2, 0.25) is 21.8 Å². The summed E-state index contributed by atoms with van der Waals surface area (Å²) in [6.07, 6.45) is 5.46. The summed E-state index contributed by atoms with van der Waals surface area (Å²) >= 11 is 6.03. The van der Waals surface area contributed by atoms with Crippen LogP contribution in [0.5, 0.6) is 0 Å². The average Bonchev–Trinajstić information content (AvgIpc) is 3.54. The molecule has 1 N–H and O–H groups in total. The molecule has 3 heterocycles. The minimum absolute atomic E-state index is 0.00426. The molecule has 2 amide bonds. The monoisotopic (exact) mass is 532 g/mol. The number of piperidine rings is 1. The highest BCUT2D eigenvalue weighted by atomic mass is 35.5. The summed E-state index contributed by atoms with van der Waals surface area (Å²) < 4.78 is 28.8. The summed E-state index contributed by atoms with van der Waals surface area (Å²) in [5.41, 5.74) is 0. The van der Waals surface area contributed by atoms with Crippen molar-refractivity contribution in [2.24, 2.45) is 0 Å². The Morgan fingerprint density at radius 3 is 2.47 bits per heavy atom. The van der Waals surface area contributed by atoms with Crippen molar-refractivity contribution in [3.8, 4) is 0 Å². The first-order valence-corrected chi connectivity index (χ1v) is 14.7. The van der Waals surface area contributed by atoms with Gasteiger partial charge in [-0.2, -0.15) is 4.72 Å². The summed E-state index contributed by atoms with van der Waals surface area (Å²) in [7, 11) is -3.92. The number of nitrogens with one attached hydrogen (secondary N) is 1. The molecule has 3 aliphatic rings. The zero-order chi connectivity index (χ0) is 25.3. The second-order valence-corrected chi connectivity index (χ2v) is 12.3. The maximum atomic E-state index is 13.2. The molecule has 2 aromatic carbocycles. The van der Waals surface area contributed by atoms with E-state index >= 15 is 0 Å². The van der Waals surface area contributed by atoms with Crippen LogP contribution in [-0.4, -0.2) is 86.3 Å². The number of carbonyl (C=O) groups excluding carboxylic acids is 2. The van der Waals surface area contributed by atoms with Crippen molar-refractivity contribution in [1.82, 2.24) is 19.4 Å². The van der Waals surface area contributed by atoms with E-state index in [1.807, 2.05) is 4.90 Å². The molecule has 8 nitrogen and oxygen atoms in total. The Morgan fingerprint density at radius 2 is 1.67 bits per heavy atom. The molecule has 0 aromatic heterocycles. The molecule has 2 aromatic rings. The van der Waals surface area contributed by atoms with Crippen LogP contribution in [0.1, 0.15) is 38.5 Å². The number of rotatable bonds is 7. The van der Waals surface area contributed by atoms with E-state index in [-0.39, 0.29) is 29.3 Å². The lowest BCUT2D eigenvalue weighted by molar-refractivity contribution is -0.143. The fourth-order valence-electron chi connectivity index (χ4n) is 5.69. The second-order valence-electron chi connectivity index (χ2n) is 10.1. The van der Waals surface area contributed by atoms with Gasteiger partial charge in [-0.25, -0.2) is 8.42 Å². The maximum Gasteiger partial charge on any atom is 0.242 e. The van der Waals surface area contributed by atoms with Crippen molar-refractivity contribution in [1.29, 1.82) is 0 Å². The van der Waals surface area contributed by atoms with E-state index in [9.17, 15) is 18.0 Å². The van der Waals surface area contributed by atoms with Gasteiger partial charge >= 0.3 is 0 Å². The number of amides is 2. The van der Waals surface area contributed by atoms with E-state index in [1.54, 1.807) is 30.3 Å². The van der Waals surface area contributed by atoms with Gasteiger partial charge in [-0.3, -0.25) is 9.59 Å². The van der Waals surface area contributed by atoms with Gasteiger partial charge in [0.1, 0.15) is 6.04 Å². The Morgan fingerprint density at radius 1 is 0.944 bits per heavy atom. The highest BCUT2D eigenvalue weighted by Crippen LogP contribution is 2.24. The molecule has 194 valence electrons. The lowest BCUT2D eigenvalue weighted by atomic mass is 10.1. The summed E-state index contributed by atoms with van der Waals surface area (Å²) in [5.74, 6) is -0.372. The standard InChI is InChI=1S/C26H33ClN4O4S/c27-21-9-7-20-16-23(10-8-19(20)15-21)36(34,35)28-24-6-4-13-30(26(24)33)18-25(32)31-14-3-5-22(31)17-29-11-1-2-12-29/h7-10,15-16,22,24,28H,1-6,11-14,17-18H2. The first-order valence-electron chi connectivity index (χ1n) is 12.8. The smallest absolute Gasteiger partial charge is 0.242 e. The van der Waals surface area contributed by atoms with Crippen molar-refractivity contribution in [3.63, 3.8) is 0 Å². The third kappa shape index (κ3) is 5.54. The third-order valence-electron chi connectivity index (χ3n) is 7.60. The number of halogens is 1. The van der Waals surface area contributed by atoms with Crippen molar-refractivity contribution < 1.29 is 18.0 Å². The van der Waals surface area contributed by atoms with E-state index < -0.39 is 16.1 Å². The molecular weight excluding hydrogens is 500 g/mol. The summed E-state index contributed by atoms with van der Waals surface area (Å²) in [6.45, 7) is 4.28. The van der Waals surface area contributed by atoms with E-state index in [4.69, 9.17) is 11.6 Å². The van der Waals surface area contributed by atoms with Crippen molar-refractivity contribution in [2.45, 2.75) is 55.5 Å². The Hall–Kier alpha value is -2.20. The molecule has 0 saturated carbocycles. The van der Waals surface area contributed by atoms with Crippen LogP contribution in [-0.2, 0) is 19.6 Å². The molecule has 10 heteroatoms. The minimum Gasteiger partial charge on any atom is -0.337 e. The van der Waals surface area contributed by atoms with Gasteiger partial charge in [0.25, 0.3) is 0 Å². The zero-order valence-electron chi connectivity index (χ0n) is 20.4. The number of likely N-dealkylation sites (tertiary alicyclic amines) is 3. The number of nitrogens with zero attached hydrogens (tertiary/aromatic N) is 3. The van der Waals surface area contributed by atoms with Gasteiger partial charge in [-0.05, 0) is 86.7 Å². The van der Waals surface area contributed by atoms with Gasteiger partial charge in [0.15, 0.2) is 0 Å². The first kappa shape index (κ1) is 25.4. The quantitative estimate of drug-likeness (QED) is 0.592. The van der Waals surface area contributed by atoms with E-state index in [2.05, 4.69) is 9.62 Å². The number of carbonyl (C=O) groups is 2. The summed E-state index contributed by atoms with van der Waals surface area (Å²) in [6, 6.07) is 9.38. The van der Waals surface area contributed by atoms with Crippen LogP contribution in [0.2, 0.25) is 5.02 Å². The van der Waals surface area contributed by atoms with Crippen molar-refractivity contribution in [2.75, 3.05) is 39.3 Å². The Bertz CT molecular complexity index is 1250. The molecule has 2 atom stereocenters. The highest BCUT2D eigenvalue weighted by Gasteiger charge is 2.36. The average molecular weight is 533 g/mol. The fraction of sp³-hybridized carbons (Fsp3) is 0.538. The predicted octanol–water partition coefficient (Wildman–Crippen LogP) is 2.85. The second kappa shape index (κ2) is 10.7. The highest BCUT2D eigenvalue weighted by molar-refractivity contribution is 7.89.